The van der Waals surface area contributed by atoms with Crippen LogP contribution in [0.5, 0.6) is 0 Å². The average Bonchev–Trinajstić information content (AvgIpc) is 2.07. The van der Waals surface area contributed by atoms with Gasteiger partial charge in [-0.3, -0.25) is 0 Å². The van der Waals surface area contributed by atoms with Crippen molar-refractivity contribution in [1.29, 1.82) is 5.26 Å². The zero-order valence-electron chi connectivity index (χ0n) is 7.64. The molecule has 0 aliphatic heterocycles. The van der Waals surface area contributed by atoms with Gasteiger partial charge in [-0.05, 0) is 19.4 Å². The lowest BCUT2D eigenvalue weighted by Gasteiger charge is -2.03. The van der Waals surface area contributed by atoms with Gasteiger partial charge in [0.25, 0.3) is 10.0 Å². The van der Waals surface area contributed by atoms with E-state index in [0.29, 0.717) is 11.3 Å². The zero-order chi connectivity index (χ0) is 10.9. The Hall–Kier alpha value is -1.52. The molecule has 1 rings (SSSR count). The standard InChI is InChI=1S/C7H8N4O2S/c1-4-5(2)10-11-7(6(4)3-8)14(9,12)13/h1-2H3,(H2,9,12,13). The summed E-state index contributed by atoms with van der Waals surface area (Å²) in [5, 5.41) is 20.1. The van der Waals surface area contributed by atoms with Gasteiger partial charge in [-0.15, -0.1) is 5.10 Å². The normalized spacial score (nSPS) is 11.0. The smallest absolute Gasteiger partial charge is 0.223 e. The molecule has 7 heteroatoms. The summed E-state index contributed by atoms with van der Waals surface area (Å²) in [5.74, 6) is 0. The van der Waals surface area contributed by atoms with Crippen LogP contribution < -0.4 is 5.14 Å². The van der Waals surface area contributed by atoms with Crippen LogP contribution in [0.4, 0.5) is 0 Å². The second-order valence-electron chi connectivity index (χ2n) is 2.75. The van der Waals surface area contributed by atoms with Crippen molar-refractivity contribution in [3.8, 4) is 6.07 Å². The Kier molecular flexibility index (Phi) is 2.51. The number of hydrogen-bond acceptors (Lipinski definition) is 5. The molecule has 6 nitrogen and oxygen atoms in total. The minimum Gasteiger partial charge on any atom is -0.223 e. The van der Waals surface area contributed by atoms with E-state index in [9.17, 15) is 8.42 Å². The number of aryl methyl sites for hydroxylation is 1. The van der Waals surface area contributed by atoms with Crippen molar-refractivity contribution >= 4 is 10.0 Å². The number of nitrogens with zero attached hydrogens (tertiary/aromatic N) is 3. The van der Waals surface area contributed by atoms with Gasteiger partial charge in [0.1, 0.15) is 6.07 Å². The molecule has 0 amide bonds. The van der Waals surface area contributed by atoms with E-state index < -0.39 is 15.0 Å². The maximum atomic E-state index is 11.0. The van der Waals surface area contributed by atoms with E-state index >= 15 is 0 Å². The topological polar surface area (TPSA) is 110 Å². The van der Waals surface area contributed by atoms with Crippen LogP contribution in [0.15, 0.2) is 5.03 Å². The summed E-state index contributed by atoms with van der Waals surface area (Å²) in [4.78, 5) is 0. The molecular weight excluding hydrogens is 204 g/mol. The van der Waals surface area contributed by atoms with E-state index in [1.54, 1.807) is 19.9 Å². The van der Waals surface area contributed by atoms with E-state index in [1.807, 2.05) is 0 Å². The summed E-state index contributed by atoms with van der Waals surface area (Å²) in [6.45, 7) is 3.23. The van der Waals surface area contributed by atoms with Gasteiger partial charge in [-0.25, -0.2) is 13.6 Å². The third kappa shape index (κ3) is 1.71. The van der Waals surface area contributed by atoms with Gasteiger partial charge >= 0.3 is 0 Å². The Bertz CT molecular complexity index is 515. The molecule has 0 radical (unpaired) electrons. The Morgan fingerprint density at radius 2 is 1.93 bits per heavy atom. The summed E-state index contributed by atoms with van der Waals surface area (Å²) in [6, 6.07) is 1.75. The van der Waals surface area contributed by atoms with Crippen LogP contribution in [0.3, 0.4) is 0 Å². The average molecular weight is 212 g/mol. The van der Waals surface area contributed by atoms with Crippen LogP contribution in [0.1, 0.15) is 16.8 Å². The molecular formula is C7H8N4O2S. The number of hydrogen-bond donors (Lipinski definition) is 1. The van der Waals surface area contributed by atoms with Crippen LogP contribution >= 0.6 is 0 Å². The first-order valence-electron chi connectivity index (χ1n) is 3.64. The van der Waals surface area contributed by atoms with Crippen molar-refractivity contribution in [3.05, 3.63) is 16.8 Å². The summed E-state index contributed by atoms with van der Waals surface area (Å²) in [5.41, 5.74) is 0.945. The fourth-order valence-electron chi connectivity index (χ4n) is 0.918. The quantitative estimate of drug-likeness (QED) is 0.681. The molecule has 0 aliphatic carbocycles. The van der Waals surface area contributed by atoms with Crippen LogP contribution in [0, 0.1) is 25.2 Å². The van der Waals surface area contributed by atoms with Gasteiger partial charge in [-0.2, -0.15) is 10.4 Å². The van der Waals surface area contributed by atoms with E-state index in [-0.39, 0.29) is 5.56 Å². The molecule has 0 bridgehead atoms. The molecule has 1 aromatic rings. The number of nitriles is 1. The summed E-state index contributed by atoms with van der Waals surface area (Å²) in [7, 11) is -3.98. The second-order valence-corrected chi connectivity index (χ2v) is 4.22. The minimum absolute atomic E-state index is 0.0417. The van der Waals surface area contributed by atoms with Gasteiger partial charge in [-0.1, -0.05) is 0 Å². The van der Waals surface area contributed by atoms with Gasteiger partial charge in [0, 0.05) is 0 Å². The predicted molar refractivity (Wildman–Crippen MR) is 47.6 cm³/mol. The number of sulfonamides is 1. The molecule has 1 heterocycles. The highest BCUT2D eigenvalue weighted by atomic mass is 32.2. The second kappa shape index (κ2) is 3.32. The largest absolute Gasteiger partial charge is 0.258 e. The highest BCUT2D eigenvalue weighted by Gasteiger charge is 2.19. The van der Waals surface area contributed by atoms with Crippen LogP contribution in [0.25, 0.3) is 0 Å². The molecule has 0 aromatic carbocycles. The third-order valence-electron chi connectivity index (χ3n) is 1.80. The van der Waals surface area contributed by atoms with E-state index in [1.165, 1.54) is 0 Å². The highest BCUT2D eigenvalue weighted by molar-refractivity contribution is 7.89. The molecule has 1 aromatic heterocycles. The minimum atomic E-state index is -3.98. The first-order valence-corrected chi connectivity index (χ1v) is 5.19. The monoisotopic (exact) mass is 212 g/mol. The summed E-state index contributed by atoms with van der Waals surface area (Å²) >= 11 is 0. The first-order chi connectivity index (χ1) is 6.38. The lowest BCUT2D eigenvalue weighted by atomic mass is 10.1. The lowest BCUT2D eigenvalue weighted by molar-refractivity contribution is 0.590. The molecule has 0 atom stereocenters. The fraction of sp³-hybridized carbons (Fsp3) is 0.286. The lowest BCUT2D eigenvalue weighted by Crippen LogP contribution is -2.17. The van der Waals surface area contributed by atoms with Crippen molar-refractivity contribution in [3.63, 3.8) is 0 Å². The van der Waals surface area contributed by atoms with Crippen LogP contribution in [0.2, 0.25) is 0 Å². The van der Waals surface area contributed by atoms with E-state index in [0.717, 1.165) is 0 Å². The molecule has 0 unspecified atom stereocenters. The van der Waals surface area contributed by atoms with Crippen LogP contribution in [-0.4, -0.2) is 18.6 Å². The Morgan fingerprint density at radius 1 is 1.36 bits per heavy atom. The van der Waals surface area contributed by atoms with Crippen molar-refractivity contribution in [1.82, 2.24) is 10.2 Å². The van der Waals surface area contributed by atoms with Crippen molar-refractivity contribution in [2.75, 3.05) is 0 Å². The maximum absolute atomic E-state index is 11.0. The number of nitrogens with two attached hydrogens (primary N) is 1. The Balaban J connectivity index is 3.66. The predicted octanol–water partition coefficient (Wildman–Crippen LogP) is -0.387. The van der Waals surface area contributed by atoms with Gasteiger partial charge < -0.3 is 0 Å². The third-order valence-corrected chi connectivity index (χ3v) is 2.63. The molecule has 0 saturated carbocycles. The molecule has 0 fully saturated rings. The molecule has 0 saturated heterocycles. The summed E-state index contributed by atoms with van der Waals surface area (Å²) in [6.07, 6.45) is 0. The first kappa shape index (κ1) is 10.6. The Morgan fingerprint density at radius 3 is 2.36 bits per heavy atom. The van der Waals surface area contributed by atoms with Crippen LogP contribution in [-0.2, 0) is 10.0 Å². The van der Waals surface area contributed by atoms with E-state index in [4.69, 9.17) is 10.4 Å². The van der Waals surface area contributed by atoms with Gasteiger partial charge in [0.2, 0.25) is 5.03 Å². The molecule has 14 heavy (non-hydrogen) atoms. The van der Waals surface area contributed by atoms with Crippen molar-refractivity contribution < 1.29 is 8.42 Å². The summed E-state index contributed by atoms with van der Waals surface area (Å²) < 4.78 is 22.0. The number of aromatic nitrogens is 2. The Labute approximate surface area is 81.4 Å². The number of primary sulfonamides is 1. The molecule has 74 valence electrons. The SMILES string of the molecule is Cc1nnc(S(N)(=O)=O)c(C#N)c1C. The van der Waals surface area contributed by atoms with Crippen molar-refractivity contribution in [2.24, 2.45) is 5.14 Å². The van der Waals surface area contributed by atoms with Crippen molar-refractivity contribution in [2.45, 2.75) is 18.9 Å². The molecule has 0 aliphatic rings. The number of rotatable bonds is 1. The maximum Gasteiger partial charge on any atom is 0.258 e. The van der Waals surface area contributed by atoms with E-state index in [2.05, 4.69) is 10.2 Å². The zero-order valence-corrected chi connectivity index (χ0v) is 8.46. The molecule has 0 spiro atoms. The highest BCUT2D eigenvalue weighted by Crippen LogP contribution is 2.15. The van der Waals surface area contributed by atoms with Gasteiger partial charge in [0.15, 0.2) is 0 Å². The van der Waals surface area contributed by atoms with Gasteiger partial charge in [0.05, 0.1) is 11.3 Å². The molecule has 2 N–H and O–H groups in total. The fourth-order valence-corrected chi connectivity index (χ4v) is 1.56.